The van der Waals surface area contributed by atoms with Crippen molar-refractivity contribution in [2.45, 2.75) is 27.2 Å². The zero-order chi connectivity index (χ0) is 20.0. The van der Waals surface area contributed by atoms with Crippen LogP contribution in [0.1, 0.15) is 47.1 Å². The van der Waals surface area contributed by atoms with E-state index in [4.69, 9.17) is 4.74 Å². The number of nitrogens with one attached hydrogen (secondary N) is 1. The van der Waals surface area contributed by atoms with Crippen LogP contribution in [0, 0.1) is 11.7 Å². The maximum atomic E-state index is 14.0. The van der Waals surface area contributed by atoms with E-state index in [1.54, 1.807) is 12.1 Å². The van der Waals surface area contributed by atoms with Gasteiger partial charge in [-0.1, -0.05) is 26.0 Å². The Morgan fingerprint density at radius 3 is 2.30 bits per heavy atom. The summed E-state index contributed by atoms with van der Waals surface area (Å²) in [6.45, 7) is 4.94. The van der Waals surface area contributed by atoms with Gasteiger partial charge in [0.1, 0.15) is 5.82 Å². The lowest BCUT2D eigenvalue weighted by molar-refractivity contribution is -0.114. The molecule has 0 atom stereocenters. The first-order valence-corrected chi connectivity index (χ1v) is 8.62. The summed E-state index contributed by atoms with van der Waals surface area (Å²) < 4.78 is 19.0. The first kappa shape index (κ1) is 20.3. The summed E-state index contributed by atoms with van der Waals surface area (Å²) in [7, 11) is 0. The van der Waals surface area contributed by atoms with Crippen LogP contribution in [-0.4, -0.2) is 24.3 Å². The van der Waals surface area contributed by atoms with Crippen LogP contribution in [0.15, 0.2) is 42.5 Å². The minimum Gasteiger partial charge on any atom is -0.454 e. The number of amides is 1. The van der Waals surface area contributed by atoms with Gasteiger partial charge in [-0.15, -0.1) is 0 Å². The second kappa shape index (κ2) is 9.07. The smallest absolute Gasteiger partial charge is 0.338 e. The summed E-state index contributed by atoms with van der Waals surface area (Å²) in [4.78, 5) is 35.1. The number of carbonyl (C=O) groups excluding carboxylic acids is 3. The zero-order valence-electron chi connectivity index (χ0n) is 15.5. The molecule has 5 nitrogen and oxygen atoms in total. The van der Waals surface area contributed by atoms with Gasteiger partial charge in [0.05, 0.1) is 11.1 Å². The van der Waals surface area contributed by atoms with Crippen LogP contribution in [-0.2, 0) is 16.0 Å². The molecular weight excluding hydrogens is 349 g/mol. The highest BCUT2D eigenvalue weighted by molar-refractivity contribution is 6.00. The number of Topliss-reactive ketones (excluding diaryl/α,β-unsaturated/α-hetero) is 1. The first-order chi connectivity index (χ1) is 12.8. The first-order valence-electron chi connectivity index (χ1n) is 8.62. The van der Waals surface area contributed by atoms with E-state index in [1.807, 2.05) is 12.1 Å². The Kier molecular flexibility index (Phi) is 6.82. The van der Waals surface area contributed by atoms with Gasteiger partial charge in [0.15, 0.2) is 6.61 Å². The van der Waals surface area contributed by atoms with E-state index in [0.29, 0.717) is 11.5 Å². The van der Waals surface area contributed by atoms with E-state index in [2.05, 4.69) is 19.2 Å². The Morgan fingerprint density at radius 1 is 1.07 bits per heavy atom. The van der Waals surface area contributed by atoms with Crippen molar-refractivity contribution in [2.24, 2.45) is 5.92 Å². The van der Waals surface area contributed by atoms with Crippen LogP contribution < -0.4 is 5.32 Å². The molecule has 142 valence electrons. The summed E-state index contributed by atoms with van der Waals surface area (Å²) >= 11 is 0. The summed E-state index contributed by atoms with van der Waals surface area (Å²) in [5.41, 5.74) is 1.48. The third-order valence-corrected chi connectivity index (χ3v) is 3.76. The molecule has 0 heterocycles. The van der Waals surface area contributed by atoms with E-state index in [0.717, 1.165) is 18.1 Å². The molecule has 0 spiro atoms. The highest BCUT2D eigenvalue weighted by Gasteiger charge is 2.16. The van der Waals surface area contributed by atoms with Crippen molar-refractivity contribution in [1.29, 1.82) is 0 Å². The second-order valence-electron chi connectivity index (χ2n) is 6.67. The van der Waals surface area contributed by atoms with Crippen molar-refractivity contribution in [1.82, 2.24) is 0 Å². The summed E-state index contributed by atoms with van der Waals surface area (Å²) in [6, 6.07) is 10.7. The molecule has 0 saturated heterocycles. The number of rotatable bonds is 7. The van der Waals surface area contributed by atoms with Crippen molar-refractivity contribution in [3.63, 3.8) is 0 Å². The van der Waals surface area contributed by atoms with E-state index >= 15 is 0 Å². The lowest BCUT2D eigenvalue weighted by atomic mass is 10.0. The van der Waals surface area contributed by atoms with Gasteiger partial charge in [0, 0.05) is 12.6 Å². The number of anilines is 1. The third-order valence-electron chi connectivity index (χ3n) is 3.76. The van der Waals surface area contributed by atoms with Crippen molar-refractivity contribution >= 4 is 23.3 Å². The van der Waals surface area contributed by atoms with E-state index < -0.39 is 24.2 Å². The maximum Gasteiger partial charge on any atom is 0.338 e. The average molecular weight is 371 g/mol. The molecule has 1 N–H and O–H groups in total. The van der Waals surface area contributed by atoms with Crippen LogP contribution in [0.4, 0.5) is 10.1 Å². The molecule has 27 heavy (non-hydrogen) atoms. The zero-order valence-corrected chi connectivity index (χ0v) is 15.5. The van der Waals surface area contributed by atoms with E-state index in [-0.39, 0.29) is 17.2 Å². The normalized spacial score (nSPS) is 10.6. The van der Waals surface area contributed by atoms with Gasteiger partial charge in [-0.25, -0.2) is 9.18 Å². The largest absolute Gasteiger partial charge is 0.454 e. The van der Waals surface area contributed by atoms with Gasteiger partial charge in [-0.3, -0.25) is 9.59 Å². The highest BCUT2D eigenvalue weighted by atomic mass is 19.1. The lowest BCUT2D eigenvalue weighted by Gasteiger charge is -2.08. The van der Waals surface area contributed by atoms with Crippen LogP contribution >= 0.6 is 0 Å². The van der Waals surface area contributed by atoms with Crippen LogP contribution in [0.2, 0.25) is 0 Å². The molecule has 0 aliphatic rings. The number of hydrogen-bond donors (Lipinski definition) is 1. The Balaban J connectivity index is 1.96. The average Bonchev–Trinajstić information content (AvgIpc) is 2.59. The predicted molar refractivity (Wildman–Crippen MR) is 100 cm³/mol. The fourth-order valence-electron chi connectivity index (χ4n) is 2.56. The molecule has 2 rings (SSSR count). The Labute approximate surface area is 157 Å². The highest BCUT2D eigenvalue weighted by Crippen LogP contribution is 2.16. The van der Waals surface area contributed by atoms with Crippen molar-refractivity contribution in [3.05, 3.63) is 65.0 Å². The van der Waals surface area contributed by atoms with Gasteiger partial charge >= 0.3 is 5.97 Å². The second-order valence-corrected chi connectivity index (χ2v) is 6.67. The molecule has 0 aromatic heterocycles. The van der Waals surface area contributed by atoms with Crippen LogP contribution in [0.25, 0.3) is 0 Å². The Hall–Kier alpha value is -3.02. The summed E-state index contributed by atoms with van der Waals surface area (Å²) in [5, 5.41) is 2.42. The number of carbonyl (C=O) groups is 3. The SMILES string of the molecule is CC(=O)Nc1ccc(C(=O)COC(=O)c2ccc(CC(C)C)cc2)c(F)c1. The number of benzene rings is 2. The van der Waals surface area contributed by atoms with Crippen LogP contribution in [0.3, 0.4) is 0 Å². The maximum absolute atomic E-state index is 14.0. The molecular formula is C21H22FNO4. The molecule has 0 aliphatic carbocycles. The Morgan fingerprint density at radius 2 is 1.74 bits per heavy atom. The van der Waals surface area contributed by atoms with Gasteiger partial charge in [-0.2, -0.15) is 0 Å². The molecule has 2 aromatic rings. The topological polar surface area (TPSA) is 72.5 Å². The number of ether oxygens (including phenoxy) is 1. The minimum absolute atomic E-state index is 0.204. The summed E-state index contributed by atoms with van der Waals surface area (Å²) in [6.07, 6.45) is 0.904. The Bertz CT molecular complexity index is 844. The van der Waals surface area contributed by atoms with Crippen molar-refractivity contribution < 1.29 is 23.5 Å². The van der Waals surface area contributed by atoms with Gasteiger partial charge in [0.25, 0.3) is 0 Å². The van der Waals surface area contributed by atoms with Gasteiger partial charge < -0.3 is 10.1 Å². The van der Waals surface area contributed by atoms with Gasteiger partial charge in [0.2, 0.25) is 11.7 Å². The van der Waals surface area contributed by atoms with Crippen molar-refractivity contribution in [3.8, 4) is 0 Å². The van der Waals surface area contributed by atoms with Crippen molar-refractivity contribution in [2.75, 3.05) is 11.9 Å². The molecule has 2 aromatic carbocycles. The van der Waals surface area contributed by atoms with Gasteiger partial charge in [-0.05, 0) is 48.2 Å². The van der Waals surface area contributed by atoms with Crippen LogP contribution in [0.5, 0.6) is 0 Å². The molecule has 1 amide bonds. The van der Waals surface area contributed by atoms with E-state index in [9.17, 15) is 18.8 Å². The fraction of sp³-hybridized carbons (Fsp3) is 0.286. The molecule has 0 unspecified atom stereocenters. The number of esters is 1. The number of hydrogen-bond acceptors (Lipinski definition) is 4. The minimum atomic E-state index is -0.791. The fourth-order valence-corrected chi connectivity index (χ4v) is 2.56. The molecule has 0 saturated carbocycles. The predicted octanol–water partition coefficient (Wildman–Crippen LogP) is 4.02. The monoisotopic (exact) mass is 371 g/mol. The standard InChI is InChI=1S/C21H22FNO4/c1-13(2)10-15-4-6-16(7-5-15)21(26)27-12-20(25)18-9-8-17(11-19(18)22)23-14(3)24/h4-9,11,13H,10,12H2,1-3H3,(H,23,24). The number of ketones is 1. The quantitative estimate of drug-likeness (QED) is 0.589. The summed E-state index contributed by atoms with van der Waals surface area (Å²) in [5.74, 6) is -1.93. The molecule has 0 radical (unpaired) electrons. The number of halogens is 1. The molecule has 0 fully saturated rings. The molecule has 0 bridgehead atoms. The van der Waals surface area contributed by atoms with E-state index in [1.165, 1.54) is 19.1 Å². The third kappa shape index (κ3) is 6.02. The molecule has 6 heteroatoms. The lowest BCUT2D eigenvalue weighted by Crippen LogP contribution is -2.16. The molecule has 0 aliphatic heterocycles.